The van der Waals surface area contributed by atoms with Gasteiger partial charge < -0.3 is 4.74 Å². The molecule has 1 aliphatic carbocycles. The molecule has 0 N–H and O–H groups in total. The van der Waals surface area contributed by atoms with Crippen LogP contribution in [0.1, 0.15) is 28.8 Å². The Morgan fingerprint density at radius 3 is 2.43 bits per heavy atom. The van der Waals surface area contributed by atoms with E-state index >= 15 is 0 Å². The van der Waals surface area contributed by atoms with E-state index in [2.05, 4.69) is 0 Å². The van der Waals surface area contributed by atoms with Crippen LogP contribution in [0, 0.1) is 0 Å². The third-order valence-electron chi connectivity index (χ3n) is 4.02. The number of aryl methyl sites for hydroxylation is 1. The summed E-state index contributed by atoms with van der Waals surface area (Å²) < 4.78 is 28.8. The third-order valence-corrected chi connectivity index (χ3v) is 5.15. The van der Waals surface area contributed by atoms with E-state index in [1.807, 2.05) is 24.3 Å². The molecule has 0 bridgehead atoms. The maximum Gasteiger partial charge on any atom is 0.203 e. The largest absolute Gasteiger partial charge is 0.482 e. The van der Waals surface area contributed by atoms with Crippen molar-refractivity contribution >= 4 is 15.6 Å². The molecule has 2 aromatic carbocycles. The minimum Gasteiger partial charge on any atom is -0.482 e. The fraction of sp³-hybridized carbons (Fsp3) is 0.278. The fourth-order valence-corrected chi connectivity index (χ4v) is 3.43. The first kappa shape index (κ1) is 15.7. The van der Waals surface area contributed by atoms with Crippen LogP contribution in [0.2, 0.25) is 0 Å². The van der Waals surface area contributed by atoms with Crippen molar-refractivity contribution < 1.29 is 17.9 Å². The van der Waals surface area contributed by atoms with Crippen LogP contribution >= 0.6 is 0 Å². The first-order valence-electron chi connectivity index (χ1n) is 7.54. The SMILES string of the molecule is CS(=O)(=O)c1ccc(OC2CCCc3ccccc3C2=O)cc1. The Hall–Kier alpha value is -2.14. The van der Waals surface area contributed by atoms with Crippen LogP contribution in [0.3, 0.4) is 0 Å². The fourth-order valence-electron chi connectivity index (χ4n) is 2.80. The van der Waals surface area contributed by atoms with Gasteiger partial charge in [-0.25, -0.2) is 8.42 Å². The van der Waals surface area contributed by atoms with Gasteiger partial charge in [-0.3, -0.25) is 4.79 Å². The highest BCUT2D eigenvalue weighted by molar-refractivity contribution is 7.90. The number of carbonyl (C=O) groups excluding carboxylic acids is 1. The van der Waals surface area contributed by atoms with E-state index in [0.29, 0.717) is 12.2 Å². The summed E-state index contributed by atoms with van der Waals surface area (Å²) in [6.45, 7) is 0. The van der Waals surface area contributed by atoms with Gasteiger partial charge in [0.2, 0.25) is 5.78 Å². The second kappa shape index (κ2) is 6.16. The molecule has 0 spiro atoms. The second-order valence-corrected chi connectivity index (χ2v) is 7.78. The van der Waals surface area contributed by atoms with Gasteiger partial charge in [0.25, 0.3) is 0 Å². The summed E-state index contributed by atoms with van der Waals surface area (Å²) in [7, 11) is -3.23. The van der Waals surface area contributed by atoms with Gasteiger partial charge >= 0.3 is 0 Å². The zero-order valence-electron chi connectivity index (χ0n) is 12.9. The molecule has 0 saturated carbocycles. The normalized spacial score (nSPS) is 18.1. The molecular weight excluding hydrogens is 312 g/mol. The molecule has 1 atom stereocenters. The number of benzene rings is 2. The molecule has 0 radical (unpaired) electrons. The van der Waals surface area contributed by atoms with Crippen molar-refractivity contribution in [3.8, 4) is 5.75 Å². The predicted molar refractivity (Wildman–Crippen MR) is 87.7 cm³/mol. The maximum absolute atomic E-state index is 12.6. The van der Waals surface area contributed by atoms with Gasteiger partial charge in [0.15, 0.2) is 15.9 Å². The lowest BCUT2D eigenvalue weighted by molar-refractivity contribution is 0.0782. The highest BCUT2D eigenvalue weighted by Gasteiger charge is 2.26. The Balaban J connectivity index is 1.81. The number of hydrogen-bond acceptors (Lipinski definition) is 4. The quantitative estimate of drug-likeness (QED) is 0.812. The van der Waals surface area contributed by atoms with E-state index in [1.54, 1.807) is 12.1 Å². The van der Waals surface area contributed by atoms with Crippen LogP contribution < -0.4 is 4.74 Å². The van der Waals surface area contributed by atoms with Crippen molar-refractivity contribution in [2.45, 2.75) is 30.3 Å². The maximum atomic E-state index is 12.6. The Labute approximate surface area is 136 Å². The summed E-state index contributed by atoms with van der Waals surface area (Å²) in [5, 5.41) is 0. The summed E-state index contributed by atoms with van der Waals surface area (Å²) >= 11 is 0. The molecule has 0 heterocycles. The first-order valence-corrected chi connectivity index (χ1v) is 9.43. The van der Waals surface area contributed by atoms with Gasteiger partial charge in [-0.05, 0) is 49.1 Å². The van der Waals surface area contributed by atoms with E-state index in [9.17, 15) is 13.2 Å². The van der Waals surface area contributed by atoms with Crippen LogP contribution in [0.4, 0.5) is 0 Å². The Bertz CT molecular complexity index is 822. The van der Waals surface area contributed by atoms with Gasteiger partial charge in [-0.2, -0.15) is 0 Å². The molecule has 1 unspecified atom stereocenters. The first-order chi connectivity index (χ1) is 10.9. The average Bonchev–Trinajstić information content (AvgIpc) is 2.67. The lowest BCUT2D eigenvalue weighted by atomic mass is 10.0. The van der Waals surface area contributed by atoms with Crippen LogP contribution in [0.5, 0.6) is 5.75 Å². The molecule has 3 rings (SSSR count). The Morgan fingerprint density at radius 1 is 1.04 bits per heavy atom. The molecule has 2 aromatic rings. The van der Waals surface area contributed by atoms with Crippen LogP contribution in [-0.2, 0) is 16.3 Å². The number of sulfone groups is 1. The molecule has 0 aliphatic heterocycles. The van der Waals surface area contributed by atoms with Crippen LogP contribution in [-0.4, -0.2) is 26.6 Å². The summed E-state index contributed by atoms with van der Waals surface area (Å²) in [6.07, 6.45) is 3.04. The van der Waals surface area contributed by atoms with Crippen LogP contribution in [0.25, 0.3) is 0 Å². The lowest BCUT2D eigenvalue weighted by Crippen LogP contribution is -2.26. The monoisotopic (exact) mass is 330 g/mol. The average molecular weight is 330 g/mol. The van der Waals surface area contributed by atoms with E-state index in [4.69, 9.17) is 4.74 Å². The van der Waals surface area contributed by atoms with Crippen molar-refractivity contribution in [3.63, 3.8) is 0 Å². The number of carbonyl (C=O) groups is 1. The van der Waals surface area contributed by atoms with Crippen molar-refractivity contribution in [1.29, 1.82) is 0 Å². The number of ketones is 1. The molecule has 1 aliphatic rings. The highest BCUT2D eigenvalue weighted by atomic mass is 32.2. The summed E-state index contributed by atoms with van der Waals surface area (Å²) in [5.41, 5.74) is 1.79. The predicted octanol–water partition coefficient (Wildman–Crippen LogP) is 3.06. The number of Topliss-reactive ketones (excluding diaryl/α,β-unsaturated/α-hetero) is 1. The Morgan fingerprint density at radius 2 is 1.74 bits per heavy atom. The van der Waals surface area contributed by atoms with Crippen LogP contribution in [0.15, 0.2) is 53.4 Å². The van der Waals surface area contributed by atoms with Gasteiger partial charge in [-0.15, -0.1) is 0 Å². The highest BCUT2D eigenvalue weighted by Crippen LogP contribution is 2.25. The van der Waals surface area contributed by atoms with Gasteiger partial charge in [0, 0.05) is 11.8 Å². The van der Waals surface area contributed by atoms with Gasteiger partial charge in [0.05, 0.1) is 4.90 Å². The zero-order chi connectivity index (χ0) is 16.4. The second-order valence-electron chi connectivity index (χ2n) is 5.76. The standard InChI is InChI=1S/C18H18O4S/c1-23(20,21)15-11-9-14(10-12-15)22-17-8-4-6-13-5-2-3-7-16(13)18(17)19/h2-3,5,7,9-12,17H,4,6,8H2,1H3. The molecule has 0 amide bonds. The molecular formula is C18H18O4S. The van der Waals surface area contributed by atoms with Crippen molar-refractivity contribution in [2.75, 3.05) is 6.26 Å². The van der Waals surface area contributed by atoms with Crippen molar-refractivity contribution in [2.24, 2.45) is 0 Å². The van der Waals surface area contributed by atoms with E-state index in [0.717, 1.165) is 30.2 Å². The molecule has 0 fully saturated rings. The number of rotatable bonds is 3. The number of hydrogen-bond donors (Lipinski definition) is 0. The molecule has 0 saturated heterocycles. The van der Waals surface area contributed by atoms with E-state index in [1.165, 1.54) is 12.1 Å². The molecule has 4 nitrogen and oxygen atoms in total. The van der Waals surface area contributed by atoms with Crippen molar-refractivity contribution in [3.05, 3.63) is 59.7 Å². The molecule has 5 heteroatoms. The van der Waals surface area contributed by atoms with Crippen molar-refractivity contribution in [1.82, 2.24) is 0 Å². The summed E-state index contributed by atoms with van der Waals surface area (Å²) in [4.78, 5) is 12.9. The molecule has 120 valence electrons. The smallest absolute Gasteiger partial charge is 0.203 e. The minimum atomic E-state index is -3.23. The minimum absolute atomic E-state index is 0.00899. The van der Waals surface area contributed by atoms with Gasteiger partial charge in [-0.1, -0.05) is 24.3 Å². The summed E-state index contributed by atoms with van der Waals surface area (Å²) in [6, 6.07) is 13.8. The third kappa shape index (κ3) is 3.45. The Kier molecular flexibility index (Phi) is 4.22. The lowest BCUT2D eigenvalue weighted by Gasteiger charge is -2.16. The van der Waals surface area contributed by atoms with Gasteiger partial charge in [0.1, 0.15) is 5.75 Å². The zero-order valence-corrected chi connectivity index (χ0v) is 13.7. The topological polar surface area (TPSA) is 60.4 Å². The molecule has 0 aromatic heterocycles. The number of ether oxygens (including phenoxy) is 1. The summed E-state index contributed by atoms with van der Waals surface area (Å²) in [5.74, 6) is 0.500. The van der Waals surface area contributed by atoms with E-state index in [-0.39, 0.29) is 10.7 Å². The molecule has 23 heavy (non-hydrogen) atoms. The number of fused-ring (bicyclic) bond motifs is 1. The van der Waals surface area contributed by atoms with E-state index < -0.39 is 15.9 Å².